The highest BCUT2D eigenvalue weighted by Gasteiger charge is 2.04. The first kappa shape index (κ1) is 14.3. The summed E-state index contributed by atoms with van der Waals surface area (Å²) in [6.07, 6.45) is 0.476. The molecule has 0 bridgehead atoms. The Bertz CT molecular complexity index is 394. The third-order valence-corrected chi connectivity index (χ3v) is 2.58. The van der Waals surface area contributed by atoms with Gasteiger partial charge in [-0.2, -0.15) is 0 Å². The number of hydrogen-bond acceptors (Lipinski definition) is 4. The quantitative estimate of drug-likeness (QED) is 0.709. The molecule has 0 radical (unpaired) electrons. The van der Waals surface area contributed by atoms with Crippen LogP contribution in [-0.4, -0.2) is 33.7 Å². The molecule has 1 aromatic carbocycles. The summed E-state index contributed by atoms with van der Waals surface area (Å²) in [6, 6.07) is 5.76. The summed E-state index contributed by atoms with van der Waals surface area (Å²) in [4.78, 5) is 11.0. The zero-order valence-electron chi connectivity index (χ0n) is 11.1. The number of rotatable bonds is 7. The Morgan fingerprint density at radius 1 is 1.22 bits per heavy atom. The predicted octanol–water partition coefficient (Wildman–Crippen LogP) is 0.929. The molecular formula is C13H20N2O3. The van der Waals surface area contributed by atoms with Crippen LogP contribution in [0.1, 0.15) is 12.0 Å². The maximum atomic E-state index is 11.0. The Morgan fingerprint density at radius 2 is 1.94 bits per heavy atom. The highest BCUT2D eigenvalue weighted by Crippen LogP contribution is 2.27. The van der Waals surface area contributed by atoms with Crippen LogP contribution in [0.15, 0.2) is 18.2 Å². The van der Waals surface area contributed by atoms with Crippen molar-refractivity contribution in [2.24, 2.45) is 0 Å². The second-order valence-corrected chi connectivity index (χ2v) is 3.79. The van der Waals surface area contributed by atoms with Gasteiger partial charge in [-0.25, -0.2) is 0 Å². The van der Waals surface area contributed by atoms with Gasteiger partial charge in [0.25, 0.3) is 0 Å². The van der Waals surface area contributed by atoms with E-state index in [2.05, 4.69) is 10.6 Å². The summed E-state index contributed by atoms with van der Waals surface area (Å²) < 4.78 is 10.4. The fraction of sp³-hybridized carbons (Fsp3) is 0.462. The van der Waals surface area contributed by atoms with E-state index in [0.29, 0.717) is 31.0 Å². The van der Waals surface area contributed by atoms with Crippen LogP contribution in [0, 0.1) is 0 Å². The van der Waals surface area contributed by atoms with Crippen molar-refractivity contribution in [3.63, 3.8) is 0 Å². The minimum atomic E-state index is 0.0369. The Hall–Kier alpha value is -1.75. The molecule has 0 aliphatic rings. The van der Waals surface area contributed by atoms with Gasteiger partial charge in [0.1, 0.15) is 0 Å². The third kappa shape index (κ3) is 4.25. The number of ether oxygens (including phenoxy) is 2. The van der Waals surface area contributed by atoms with Crippen LogP contribution in [-0.2, 0) is 11.3 Å². The predicted molar refractivity (Wildman–Crippen MR) is 69.9 cm³/mol. The van der Waals surface area contributed by atoms with Crippen molar-refractivity contribution in [3.05, 3.63) is 23.8 Å². The molecule has 0 heterocycles. The molecule has 18 heavy (non-hydrogen) atoms. The lowest BCUT2D eigenvalue weighted by Crippen LogP contribution is -2.24. The van der Waals surface area contributed by atoms with Gasteiger partial charge in [0.2, 0.25) is 5.91 Å². The molecule has 1 amide bonds. The normalized spacial score (nSPS) is 9.94. The van der Waals surface area contributed by atoms with Gasteiger partial charge in [-0.1, -0.05) is 6.07 Å². The summed E-state index contributed by atoms with van der Waals surface area (Å²) in [6.45, 7) is 1.34. The standard InChI is InChI=1S/C13H20N2O3/c1-14-13(16)6-7-15-9-10-4-5-11(17-2)12(8-10)18-3/h4-5,8,15H,6-7,9H2,1-3H3,(H,14,16). The maximum Gasteiger partial charge on any atom is 0.221 e. The van der Waals surface area contributed by atoms with Crippen molar-refractivity contribution in [1.29, 1.82) is 0 Å². The zero-order chi connectivity index (χ0) is 13.4. The summed E-state index contributed by atoms with van der Waals surface area (Å²) in [5.74, 6) is 1.46. The van der Waals surface area contributed by atoms with E-state index < -0.39 is 0 Å². The molecule has 0 saturated heterocycles. The van der Waals surface area contributed by atoms with E-state index >= 15 is 0 Å². The molecule has 0 unspecified atom stereocenters. The van der Waals surface area contributed by atoms with E-state index in [-0.39, 0.29) is 5.91 Å². The maximum absolute atomic E-state index is 11.0. The third-order valence-electron chi connectivity index (χ3n) is 2.58. The van der Waals surface area contributed by atoms with Gasteiger partial charge >= 0.3 is 0 Å². The lowest BCUT2D eigenvalue weighted by Gasteiger charge is -2.10. The van der Waals surface area contributed by atoms with E-state index in [1.165, 1.54) is 0 Å². The van der Waals surface area contributed by atoms with Crippen LogP contribution in [0.4, 0.5) is 0 Å². The van der Waals surface area contributed by atoms with Gasteiger partial charge in [0.15, 0.2) is 11.5 Å². The second kappa shape index (κ2) is 7.55. The van der Waals surface area contributed by atoms with Crippen LogP contribution in [0.25, 0.3) is 0 Å². The first-order chi connectivity index (χ1) is 8.71. The van der Waals surface area contributed by atoms with Gasteiger partial charge in [0, 0.05) is 26.6 Å². The summed E-state index contributed by atoms with van der Waals surface area (Å²) >= 11 is 0. The van der Waals surface area contributed by atoms with Crippen LogP contribution >= 0.6 is 0 Å². The number of nitrogens with one attached hydrogen (secondary N) is 2. The van der Waals surface area contributed by atoms with Crippen LogP contribution < -0.4 is 20.1 Å². The fourth-order valence-corrected chi connectivity index (χ4v) is 1.55. The van der Waals surface area contributed by atoms with Gasteiger partial charge < -0.3 is 20.1 Å². The van der Waals surface area contributed by atoms with Crippen molar-refractivity contribution in [3.8, 4) is 11.5 Å². The van der Waals surface area contributed by atoms with Gasteiger partial charge in [-0.3, -0.25) is 4.79 Å². The molecule has 2 N–H and O–H groups in total. The molecule has 0 aliphatic carbocycles. The minimum absolute atomic E-state index is 0.0369. The summed E-state index contributed by atoms with van der Waals surface area (Å²) in [7, 11) is 4.86. The molecule has 1 rings (SSSR count). The van der Waals surface area contributed by atoms with Crippen molar-refractivity contribution < 1.29 is 14.3 Å². The molecule has 0 spiro atoms. The Balaban J connectivity index is 2.45. The molecule has 0 fully saturated rings. The summed E-state index contributed by atoms with van der Waals surface area (Å²) in [5, 5.41) is 5.78. The fourth-order valence-electron chi connectivity index (χ4n) is 1.55. The number of carbonyl (C=O) groups is 1. The van der Waals surface area contributed by atoms with Crippen LogP contribution in [0.5, 0.6) is 11.5 Å². The smallest absolute Gasteiger partial charge is 0.221 e. The number of hydrogen-bond donors (Lipinski definition) is 2. The molecule has 0 aliphatic heterocycles. The van der Waals surface area contributed by atoms with Crippen LogP contribution in [0.3, 0.4) is 0 Å². The number of methoxy groups -OCH3 is 2. The SMILES string of the molecule is CNC(=O)CCNCc1ccc(OC)c(OC)c1. The number of amides is 1. The van der Waals surface area contributed by atoms with Crippen molar-refractivity contribution >= 4 is 5.91 Å². The highest BCUT2D eigenvalue weighted by molar-refractivity contribution is 5.75. The number of benzene rings is 1. The Morgan fingerprint density at radius 3 is 2.56 bits per heavy atom. The second-order valence-electron chi connectivity index (χ2n) is 3.79. The van der Waals surface area contributed by atoms with Gasteiger partial charge in [0.05, 0.1) is 14.2 Å². The van der Waals surface area contributed by atoms with Crippen molar-refractivity contribution in [1.82, 2.24) is 10.6 Å². The van der Waals surface area contributed by atoms with Crippen molar-refractivity contribution in [2.75, 3.05) is 27.8 Å². The van der Waals surface area contributed by atoms with Gasteiger partial charge in [-0.15, -0.1) is 0 Å². The Kier molecular flexibility index (Phi) is 6.00. The monoisotopic (exact) mass is 252 g/mol. The first-order valence-electron chi connectivity index (χ1n) is 5.83. The number of carbonyl (C=O) groups excluding carboxylic acids is 1. The topological polar surface area (TPSA) is 59.6 Å². The largest absolute Gasteiger partial charge is 0.493 e. The minimum Gasteiger partial charge on any atom is -0.493 e. The molecule has 0 aromatic heterocycles. The molecule has 1 aromatic rings. The molecule has 0 saturated carbocycles. The van der Waals surface area contributed by atoms with E-state index in [1.807, 2.05) is 18.2 Å². The lowest BCUT2D eigenvalue weighted by molar-refractivity contribution is -0.120. The molecule has 5 heteroatoms. The summed E-state index contributed by atoms with van der Waals surface area (Å²) in [5.41, 5.74) is 1.09. The van der Waals surface area contributed by atoms with Gasteiger partial charge in [-0.05, 0) is 17.7 Å². The van der Waals surface area contributed by atoms with E-state index in [4.69, 9.17) is 9.47 Å². The first-order valence-corrected chi connectivity index (χ1v) is 5.83. The molecule has 0 atom stereocenters. The molecular weight excluding hydrogens is 232 g/mol. The molecule has 100 valence electrons. The van der Waals surface area contributed by atoms with E-state index in [9.17, 15) is 4.79 Å². The van der Waals surface area contributed by atoms with Crippen LogP contribution in [0.2, 0.25) is 0 Å². The van der Waals surface area contributed by atoms with E-state index in [1.54, 1.807) is 21.3 Å². The molecule has 5 nitrogen and oxygen atoms in total. The highest BCUT2D eigenvalue weighted by atomic mass is 16.5. The lowest BCUT2D eigenvalue weighted by atomic mass is 10.2. The van der Waals surface area contributed by atoms with Crippen molar-refractivity contribution in [2.45, 2.75) is 13.0 Å². The zero-order valence-corrected chi connectivity index (χ0v) is 11.1. The Labute approximate surface area is 107 Å². The average Bonchev–Trinajstić information content (AvgIpc) is 2.42. The average molecular weight is 252 g/mol. The van der Waals surface area contributed by atoms with E-state index in [0.717, 1.165) is 5.56 Å².